The lowest BCUT2D eigenvalue weighted by Gasteiger charge is -2.38. The third kappa shape index (κ3) is 2.32. The molecular weight excluding hydrogens is 224 g/mol. The van der Waals surface area contributed by atoms with Crippen LogP contribution < -0.4 is 10.2 Å². The predicted octanol–water partition coefficient (Wildman–Crippen LogP) is 0.807. The summed E-state index contributed by atoms with van der Waals surface area (Å²) in [6.07, 6.45) is 0. The normalized spacial score (nSPS) is 16.4. The minimum atomic E-state index is 0.103. The van der Waals surface area contributed by atoms with E-state index in [9.17, 15) is 4.79 Å². The quantitative estimate of drug-likeness (QED) is 0.849. The summed E-state index contributed by atoms with van der Waals surface area (Å²) in [6, 6.07) is 0.213. The molecule has 1 aliphatic heterocycles. The van der Waals surface area contributed by atoms with Gasteiger partial charge >= 0.3 is 0 Å². The van der Waals surface area contributed by atoms with E-state index in [2.05, 4.69) is 19.6 Å². The minimum absolute atomic E-state index is 0.103. The zero-order valence-corrected chi connectivity index (χ0v) is 10.5. The standard InChI is InChI=1S/C10H16N4OS/c1-6(2)11-9(15)8-4-14(5-8)10-12-7(3)13-16-10/h6,8H,4-5H2,1-3H3,(H,11,15). The zero-order chi connectivity index (χ0) is 11.7. The van der Waals surface area contributed by atoms with Crippen LogP contribution in [0.1, 0.15) is 19.7 Å². The summed E-state index contributed by atoms with van der Waals surface area (Å²) in [7, 11) is 0. The molecule has 0 radical (unpaired) electrons. The predicted molar refractivity (Wildman–Crippen MR) is 63.6 cm³/mol. The first-order valence-corrected chi connectivity index (χ1v) is 6.19. The second-order valence-corrected chi connectivity index (χ2v) is 5.12. The number of carbonyl (C=O) groups is 1. The molecule has 1 aromatic rings. The Labute approximate surface area is 99.0 Å². The molecule has 6 heteroatoms. The van der Waals surface area contributed by atoms with Crippen molar-refractivity contribution >= 4 is 22.6 Å². The van der Waals surface area contributed by atoms with E-state index in [-0.39, 0.29) is 17.9 Å². The van der Waals surface area contributed by atoms with Crippen LogP contribution in [0.15, 0.2) is 0 Å². The van der Waals surface area contributed by atoms with Gasteiger partial charge < -0.3 is 10.2 Å². The highest BCUT2D eigenvalue weighted by atomic mass is 32.1. The van der Waals surface area contributed by atoms with Gasteiger partial charge in [0.25, 0.3) is 0 Å². The molecule has 0 saturated carbocycles. The molecule has 1 fully saturated rings. The minimum Gasteiger partial charge on any atom is -0.354 e. The van der Waals surface area contributed by atoms with Crippen molar-refractivity contribution in [1.29, 1.82) is 0 Å². The SMILES string of the molecule is Cc1nsc(N2CC(C(=O)NC(C)C)C2)n1. The third-order valence-corrected chi connectivity index (χ3v) is 3.34. The molecule has 16 heavy (non-hydrogen) atoms. The van der Waals surface area contributed by atoms with Crippen molar-refractivity contribution in [1.82, 2.24) is 14.7 Å². The molecule has 1 amide bonds. The molecule has 0 bridgehead atoms. The van der Waals surface area contributed by atoms with Crippen LogP contribution in [-0.2, 0) is 4.79 Å². The molecule has 0 spiro atoms. The smallest absolute Gasteiger partial charge is 0.226 e. The van der Waals surface area contributed by atoms with Crippen LogP contribution in [0.25, 0.3) is 0 Å². The Morgan fingerprint density at radius 3 is 2.75 bits per heavy atom. The molecule has 88 valence electrons. The van der Waals surface area contributed by atoms with Gasteiger partial charge in [-0.1, -0.05) is 0 Å². The maximum atomic E-state index is 11.6. The summed E-state index contributed by atoms with van der Waals surface area (Å²) < 4.78 is 4.13. The molecule has 1 N–H and O–H groups in total. The lowest BCUT2D eigenvalue weighted by Crippen LogP contribution is -2.54. The summed E-state index contributed by atoms with van der Waals surface area (Å²) >= 11 is 1.39. The highest BCUT2D eigenvalue weighted by Crippen LogP contribution is 2.26. The van der Waals surface area contributed by atoms with Gasteiger partial charge in [0.05, 0.1) is 5.92 Å². The van der Waals surface area contributed by atoms with E-state index in [4.69, 9.17) is 0 Å². The Bertz CT molecular complexity index is 384. The molecular formula is C10H16N4OS. The first kappa shape index (κ1) is 11.3. The molecule has 5 nitrogen and oxygen atoms in total. The van der Waals surface area contributed by atoms with Crippen LogP contribution in [0.4, 0.5) is 5.13 Å². The average Bonchev–Trinajstić information content (AvgIpc) is 2.47. The fourth-order valence-corrected chi connectivity index (χ4v) is 2.31. The molecule has 2 rings (SSSR count). The maximum absolute atomic E-state index is 11.6. The molecule has 1 aromatic heterocycles. The number of hydrogen-bond donors (Lipinski definition) is 1. The zero-order valence-electron chi connectivity index (χ0n) is 9.73. The fourth-order valence-electron chi connectivity index (χ4n) is 1.62. The van der Waals surface area contributed by atoms with E-state index in [1.807, 2.05) is 20.8 Å². The number of nitrogens with one attached hydrogen (secondary N) is 1. The Morgan fingerprint density at radius 2 is 2.25 bits per heavy atom. The number of nitrogens with zero attached hydrogens (tertiary/aromatic N) is 3. The first-order valence-electron chi connectivity index (χ1n) is 5.42. The van der Waals surface area contributed by atoms with Gasteiger partial charge in [0.15, 0.2) is 0 Å². The number of rotatable bonds is 3. The van der Waals surface area contributed by atoms with Crippen LogP contribution in [0.3, 0.4) is 0 Å². The Balaban J connectivity index is 1.84. The van der Waals surface area contributed by atoms with E-state index in [1.165, 1.54) is 11.5 Å². The second-order valence-electron chi connectivity index (χ2n) is 4.39. The number of amides is 1. The average molecular weight is 240 g/mol. The van der Waals surface area contributed by atoms with Crippen molar-refractivity contribution in [2.45, 2.75) is 26.8 Å². The van der Waals surface area contributed by atoms with Crippen molar-refractivity contribution in [3.63, 3.8) is 0 Å². The first-order chi connectivity index (χ1) is 7.56. The lowest BCUT2D eigenvalue weighted by molar-refractivity contribution is -0.126. The van der Waals surface area contributed by atoms with E-state index < -0.39 is 0 Å². The van der Waals surface area contributed by atoms with E-state index in [0.717, 1.165) is 24.0 Å². The van der Waals surface area contributed by atoms with E-state index in [0.29, 0.717) is 0 Å². The van der Waals surface area contributed by atoms with Gasteiger partial charge in [-0.2, -0.15) is 4.37 Å². The van der Waals surface area contributed by atoms with Crippen molar-refractivity contribution in [2.24, 2.45) is 5.92 Å². The number of hydrogen-bond acceptors (Lipinski definition) is 5. The van der Waals surface area contributed by atoms with Crippen molar-refractivity contribution in [3.8, 4) is 0 Å². The third-order valence-electron chi connectivity index (χ3n) is 2.47. The van der Waals surface area contributed by atoms with Gasteiger partial charge in [0.1, 0.15) is 5.82 Å². The van der Waals surface area contributed by atoms with Crippen LogP contribution in [0, 0.1) is 12.8 Å². The largest absolute Gasteiger partial charge is 0.354 e. The summed E-state index contributed by atoms with van der Waals surface area (Å²) in [5.41, 5.74) is 0. The van der Waals surface area contributed by atoms with Crippen LogP contribution >= 0.6 is 11.5 Å². The number of carbonyl (C=O) groups excluding carboxylic acids is 1. The van der Waals surface area contributed by atoms with Gasteiger partial charge in [-0.3, -0.25) is 4.79 Å². The van der Waals surface area contributed by atoms with Crippen LogP contribution in [0.2, 0.25) is 0 Å². The van der Waals surface area contributed by atoms with E-state index >= 15 is 0 Å². The van der Waals surface area contributed by atoms with Gasteiger partial charge in [-0.25, -0.2) is 4.98 Å². The summed E-state index contributed by atoms with van der Waals surface area (Å²) in [5, 5.41) is 3.85. The van der Waals surface area contributed by atoms with Gasteiger partial charge in [-0.05, 0) is 20.8 Å². The molecule has 0 aliphatic carbocycles. The second kappa shape index (κ2) is 4.37. The number of aromatic nitrogens is 2. The molecule has 1 aliphatic rings. The van der Waals surface area contributed by atoms with Gasteiger partial charge in [-0.15, -0.1) is 0 Å². The monoisotopic (exact) mass is 240 g/mol. The molecule has 0 unspecified atom stereocenters. The summed E-state index contributed by atoms with van der Waals surface area (Å²) in [5.74, 6) is 1.05. The molecule has 0 aromatic carbocycles. The maximum Gasteiger partial charge on any atom is 0.226 e. The fraction of sp³-hybridized carbons (Fsp3) is 0.700. The van der Waals surface area contributed by atoms with Crippen molar-refractivity contribution in [3.05, 3.63) is 5.82 Å². The van der Waals surface area contributed by atoms with Gasteiger partial charge in [0, 0.05) is 30.7 Å². The highest BCUT2D eigenvalue weighted by molar-refractivity contribution is 7.09. The Morgan fingerprint density at radius 1 is 1.56 bits per heavy atom. The number of anilines is 1. The summed E-state index contributed by atoms with van der Waals surface area (Å²) in [6.45, 7) is 7.34. The lowest BCUT2D eigenvalue weighted by atomic mass is 10.00. The Hall–Kier alpha value is -1.17. The highest BCUT2D eigenvalue weighted by Gasteiger charge is 2.34. The van der Waals surface area contributed by atoms with Gasteiger partial charge in [0.2, 0.25) is 11.0 Å². The van der Waals surface area contributed by atoms with Crippen molar-refractivity contribution in [2.75, 3.05) is 18.0 Å². The molecule has 2 heterocycles. The summed E-state index contributed by atoms with van der Waals surface area (Å²) in [4.78, 5) is 18.0. The molecule has 1 saturated heterocycles. The molecule has 0 atom stereocenters. The van der Waals surface area contributed by atoms with E-state index in [1.54, 1.807) is 0 Å². The Kier molecular flexibility index (Phi) is 3.09. The topological polar surface area (TPSA) is 58.1 Å². The van der Waals surface area contributed by atoms with Crippen LogP contribution in [-0.4, -0.2) is 34.4 Å². The number of aryl methyl sites for hydroxylation is 1. The van der Waals surface area contributed by atoms with Crippen LogP contribution in [0.5, 0.6) is 0 Å². The van der Waals surface area contributed by atoms with Crippen molar-refractivity contribution < 1.29 is 4.79 Å².